The first-order chi connectivity index (χ1) is 9.50. The minimum Gasteiger partial charge on any atom is -0.493 e. The Kier molecular flexibility index (Phi) is 4.27. The van der Waals surface area contributed by atoms with Gasteiger partial charge in [-0.3, -0.25) is 4.79 Å². The average molecular weight is 277 g/mol. The third-order valence-electron chi connectivity index (χ3n) is 3.84. The van der Waals surface area contributed by atoms with E-state index in [9.17, 15) is 9.59 Å². The number of amides is 1. The van der Waals surface area contributed by atoms with Crippen molar-refractivity contribution in [2.24, 2.45) is 0 Å². The second-order valence-corrected chi connectivity index (χ2v) is 5.09. The second kappa shape index (κ2) is 5.94. The van der Waals surface area contributed by atoms with Crippen LogP contribution in [-0.4, -0.2) is 41.6 Å². The Hall–Kier alpha value is -2.04. The van der Waals surface area contributed by atoms with Crippen LogP contribution in [0.4, 0.5) is 0 Å². The summed E-state index contributed by atoms with van der Waals surface area (Å²) < 4.78 is 5.56. The first-order valence-electron chi connectivity index (χ1n) is 6.71. The monoisotopic (exact) mass is 277 g/mol. The lowest BCUT2D eigenvalue weighted by Crippen LogP contribution is -2.40. The van der Waals surface area contributed by atoms with E-state index in [-0.39, 0.29) is 11.8 Å². The van der Waals surface area contributed by atoms with Gasteiger partial charge in [0, 0.05) is 13.5 Å². The molecule has 20 heavy (non-hydrogen) atoms. The van der Waals surface area contributed by atoms with Crippen molar-refractivity contribution in [1.29, 1.82) is 0 Å². The van der Waals surface area contributed by atoms with Crippen LogP contribution in [0, 0.1) is 0 Å². The van der Waals surface area contributed by atoms with E-state index in [0.29, 0.717) is 13.0 Å². The number of hydrogen-bond acceptors (Lipinski definition) is 3. The minimum atomic E-state index is -0.992. The summed E-state index contributed by atoms with van der Waals surface area (Å²) in [5.41, 5.74) is 1.03. The lowest BCUT2D eigenvalue weighted by atomic mass is 9.90. The van der Waals surface area contributed by atoms with Gasteiger partial charge >= 0.3 is 5.97 Å². The van der Waals surface area contributed by atoms with Gasteiger partial charge in [0.2, 0.25) is 5.91 Å². The minimum absolute atomic E-state index is 0.0934. The van der Waals surface area contributed by atoms with Crippen LogP contribution in [0.3, 0.4) is 0 Å². The fourth-order valence-electron chi connectivity index (χ4n) is 2.36. The van der Waals surface area contributed by atoms with E-state index in [4.69, 9.17) is 9.84 Å². The highest BCUT2D eigenvalue weighted by Gasteiger charge is 2.27. The van der Waals surface area contributed by atoms with Gasteiger partial charge in [-0.05, 0) is 30.9 Å². The van der Waals surface area contributed by atoms with Crippen molar-refractivity contribution in [3.63, 3.8) is 0 Å². The largest absolute Gasteiger partial charge is 0.493 e. The molecule has 5 nitrogen and oxygen atoms in total. The molecule has 1 aliphatic heterocycles. The average Bonchev–Trinajstić information content (AvgIpc) is 2.46. The molecule has 0 saturated heterocycles. The van der Waals surface area contributed by atoms with Gasteiger partial charge in [0.1, 0.15) is 11.8 Å². The number of carbonyl (C=O) groups is 2. The molecule has 108 valence electrons. The number of nitrogens with zero attached hydrogens (tertiary/aromatic N) is 1. The van der Waals surface area contributed by atoms with Crippen molar-refractivity contribution >= 4 is 11.9 Å². The summed E-state index contributed by atoms with van der Waals surface area (Å²) >= 11 is 0. The maximum absolute atomic E-state index is 12.2. The number of hydrogen-bond donors (Lipinski definition) is 1. The molecular weight excluding hydrogens is 258 g/mol. The molecule has 0 fully saturated rings. The zero-order valence-electron chi connectivity index (χ0n) is 11.7. The van der Waals surface area contributed by atoms with Gasteiger partial charge in [0.15, 0.2) is 0 Å². The van der Waals surface area contributed by atoms with Crippen LogP contribution in [0.15, 0.2) is 24.3 Å². The fraction of sp³-hybridized carbons (Fsp3) is 0.467. The fourth-order valence-corrected chi connectivity index (χ4v) is 2.36. The highest BCUT2D eigenvalue weighted by atomic mass is 16.5. The topological polar surface area (TPSA) is 66.8 Å². The van der Waals surface area contributed by atoms with Gasteiger partial charge in [0.25, 0.3) is 0 Å². The molecule has 2 atom stereocenters. The molecule has 0 bridgehead atoms. The molecule has 1 aromatic rings. The predicted octanol–water partition coefficient (Wildman–Crippen LogP) is 1.87. The zero-order chi connectivity index (χ0) is 14.7. The normalized spacial score (nSPS) is 18.6. The third kappa shape index (κ3) is 2.92. The molecule has 1 aromatic carbocycles. The molecule has 1 amide bonds. The molecular formula is C15H19NO4. The number of carbonyl (C=O) groups excluding carboxylic acids is 1. The number of aliphatic carboxylic acids is 1. The maximum Gasteiger partial charge on any atom is 0.326 e. The third-order valence-corrected chi connectivity index (χ3v) is 3.84. The van der Waals surface area contributed by atoms with Gasteiger partial charge in [0.05, 0.1) is 6.61 Å². The Balaban J connectivity index is 2.08. The number of likely N-dealkylation sites (N-methyl/N-ethyl adjacent to an activating group) is 1. The van der Waals surface area contributed by atoms with Crippen molar-refractivity contribution in [1.82, 2.24) is 4.90 Å². The van der Waals surface area contributed by atoms with Crippen LogP contribution >= 0.6 is 0 Å². The standard InChI is InChI=1S/C15H19NO4/c1-10(15(18)19)16(2)14(17)9-11-7-8-20-13-6-4-3-5-12(11)13/h3-6,10-11H,7-9H2,1-2H3,(H,18,19)/t10-,11-/m0/s1. The molecule has 1 aliphatic rings. The van der Waals surface area contributed by atoms with Crippen LogP contribution in [-0.2, 0) is 9.59 Å². The summed E-state index contributed by atoms with van der Waals surface area (Å²) in [6.45, 7) is 2.10. The van der Waals surface area contributed by atoms with E-state index in [1.807, 2.05) is 24.3 Å². The van der Waals surface area contributed by atoms with Crippen LogP contribution in [0.1, 0.15) is 31.2 Å². The summed E-state index contributed by atoms with van der Waals surface area (Å²) in [6.07, 6.45) is 1.09. The van der Waals surface area contributed by atoms with Crippen LogP contribution < -0.4 is 4.74 Å². The highest BCUT2D eigenvalue weighted by Crippen LogP contribution is 2.35. The lowest BCUT2D eigenvalue weighted by Gasteiger charge is -2.28. The molecule has 0 radical (unpaired) electrons. The summed E-state index contributed by atoms with van der Waals surface area (Å²) in [5, 5.41) is 8.95. The molecule has 0 unspecified atom stereocenters. The van der Waals surface area contributed by atoms with Gasteiger partial charge < -0.3 is 14.7 Å². The molecule has 0 aromatic heterocycles. The smallest absolute Gasteiger partial charge is 0.326 e. The molecule has 5 heteroatoms. The number of benzene rings is 1. The van der Waals surface area contributed by atoms with Crippen molar-refractivity contribution in [3.05, 3.63) is 29.8 Å². The SMILES string of the molecule is C[C@@H](C(=O)O)N(C)C(=O)C[C@@H]1CCOc2ccccc21. The van der Waals surface area contributed by atoms with E-state index in [1.54, 1.807) is 0 Å². The Morgan fingerprint density at radius 1 is 1.45 bits per heavy atom. The lowest BCUT2D eigenvalue weighted by molar-refractivity contribution is -0.148. The van der Waals surface area contributed by atoms with Crippen molar-refractivity contribution in [2.75, 3.05) is 13.7 Å². The summed E-state index contributed by atoms with van der Waals surface area (Å²) in [4.78, 5) is 24.4. The van der Waals surface area contributed by atoms with Crippen molar-refractivity contribution in [3.8, 4) is 5.75 Å². The van der Waals surface area contributed by atoms with Gasteiger partial charge in [-0.25, -0.2) is 4.79 Å². The first kappa shape index (κ1) is 14.4. The Morgan fingerprint density at radius 3 is 2.85 bits per heavy atom. The number of carboxylic acids is 1. The van der Waals surface area contributed by atoms with E-state index in [1.165, 1.54) is 18.9 Å². The second-order valence-electron chi connectivity index (χ2n) is 5.09. The van der Waals surface area contributed by atoms with Crippen molar-refractivity contribution in [2.45, 2.75) is 31.7 Å². The van der Waals surface area contributed by atoms with E-state index >= 15 is 0 Å². The number of para-hydroxylation sites is 1. The van der Waals surface area contributed by atoms with Gasteiger partial charge in [-0.15, -0.1) is 0 Å². The van der Waals surface area contributed by atoms with E-state index in [2.05, 4.69) is 0 Å². The zero-order valence-corrected chi connectivity index (χ0v) is 11.7. The highest BCUT2D eigenvalue weighted by molar-refractivity contribution is 5.83. The van der Waals surface area contributed by atoms with Gasteiger partial charge in [-0.1, -0.05) is 18.2 Å². The van der Waals surface area contributed by atoms with E-state index in [0.717, 1.165) is 17.7 Å². The van der Waals surface area contributed by atoms with Crippen LogP contribution in [0.25, 0.3) is 0 Å². The number of rotatable bonds is 4. The van der Waals surface area contributed by atoms with E-state index < -0.39 is 12.0 Å². The Bertz CT molecular complexity index is 514. The summed E-state index contributed by atoms with van der Waals surface area (Å²) in [5.74, 6) is -0.226. The van der Waals surface area contributed by atoms with Crippen molar-refractivity contribution < 1.29 is 19.4 Å². The molecule has 0 spiro atoms. The molecule has 1 heterocycles. The molecule has 1 N–H and O–H groups in total. The molecule has 2 rings (SSSR count). The number of fused-ring (bicyclic) bond motifs is 1. The Morgan fingerprint density at radius 2 is 2.15 bits per heavy atom. The number of carboxylic acid groups (broad SMARTS) is 1. The summed E-state index contributed by atoms with van der Waals surface area (Å²) in [6, 6.07) is 6.89. The Labute approximate surface area is 118 Å². The number of ether oxygens (including phenoxy) is 1. The molecule has 0 saturated carbocycles. The predicted molar refractivity (Wildman–Crippen MR) is 73.8 cm³/mol. The van der Waals surface area contributed by atoms with Crippen LogP contribution in [0.5, 0.6) is 5.75 Å². The summed E-state index contributed by atoms with van der Waals surface area (Å²) in [7, 11) is 1.53. The first-order valence-corrected chi connectivity index (χ1v) is 6.71. The maximum atomic E-state index is 12.2. The quantitative estimate of drug-likeness (QED) is 0.912. The van der Waals surface area contributed by atoms with Crippen LogP contribution in [0.2, 0.25) is 0 Å². The molecule has 0 aliphatic carbocycles. The van der Waals surface area contributed by atoms with Gasteiger partial charge in [-0.2, -0.15) is 0 Å².